The Morgan fingerprint density at radius 2 is 0.816 bits per heavy atom. The first-order valence-corrected chi connectivity index (χ1v) is 14.1. The molecule has 0 amide bonds. The molecule has 0 heterocycles. The maximum Gasteiger partial charge on any atom is 0.127 e. The molecule has 0 saturated carbocycles. The number of ether oxygens (including phenoxy) is 2. The van der Waals surface area contributed by atoms with Gasteiger partial charge in [0, 0.05) is 15.2 Å². The molecule has 4 aromatic rings. The molecule has 0 atom stereocenters. The summed E-state index contributed by atoms with van der Waals surface area (Å²) in [5.74, 6) is 2.55. The van der Waals surface area contributed by atoms with Crippen molar-refractivity contribution in [2.45, 2.75) is 81.6 Å². The van der Waals surface area contributed by atoms with Gasteiger partial charge in [-0.25, -0.2) is 0 Å². The summed E-state index contributed by atoms with van der Waals surface area (Å²) in [5, 5.41) is 0. The van der Waals surface area contributed by atoms with E-state index in [-0.39, 0.29) is 16.4 Å². The Morgan fingerprint density at radius 1 is 0.447 bits per heavy atom. The summed E-state index contributed by atoms with van der Waals surface area (Å²) in [6.45, 7) is 17.4. The minimum atomic E-state index is -0.204. The Labute approximate surface area is 233 Å². The van der Waals surface area contributed by atoms with Crippen molar-refractivity contribution >= 4 is 11.8 Å². The Hall–Kier alpha value is -3.17. The van der Waals surface area contributed by atoms with Crippen LogP contribution in [0.15, 0.2) is 107 Å². The van der Waals surface area contributed by atoms with Crippen LogP contribution in [0.2, 0.25) is 0 Å². The van der Waals surface area contributed by atoms with Crippen LogP contribution in [0.5, 0.6) is 17.2 Å². The number of hydrogen-bond acceptors (Lipinski definition) is 3. The van der Waals surface area contributed by atoms with Crippen LogP contribution in [0, 0.1) is 0 Å². The van der Waals surface area contributed by atoms with Gasteiger partial charge in [0.05, 0.1) is 0 Å². The third-order valence-corrected chi connectivity index (χ3v) is 7.61. The molecule has 0 saturated heterocycles. The first kappa shape index (κ1) is 27.9. The Morgan fingerprint density at radius 3 is 1.24 bits per heavy atom. The minimum Gasteiger partial charge on any atom is -0.488 e. The van der Waals surface area contributed by atoms with Crippen molar-refractivity contribution in [3.63, 3.8) is 0 Å². The predicted molar refractivity (Wildman–Crippen MR) is 161 cm³/mol. The molecule has 3 heteroatoms. The van der Waals surface area contributed by atoms with Crippen LogP contribution in [0.3, 0.4) is 0 Å². The fourth-order valence-electron chi connectivity index (χ4n) is 4.27. The van der Waals surface area contributed by atoms with Gasteiger partial charge in [0.15, 0.2) is 0 Å². The van der Waals surface area contributed by atoms with Crippen LogP contribution in [-0.4, -0.2) is 5.60 Å². The zero-order chi connectivity index (χ0) is 27.6. The SMILES string of the molecule is CC(C)(C)Oc1ccc(C(C)(C)c2ccc(Oc3ccc(Sc4ccc(C(C)(C)C)cc4)cc3)cc2)cc1. The highest BCUT2D eigenvalue weighted by molar-refractivity contribution is 7.99. The van der Waals surface area contributed by atoms with Crippen molar-refractivity contribution < 1.29 is 9.47 Å². The number of benzene rings is 4. The van der Waals surface area contributed by atoms with Gasteiger partial charge in [-0.2, -0.15) is 0 Å². The van der Waals surface area contributed by atoms with Gasteiger partial charge in [-0.3, -0.25) is 0 Å². The van der Waals surface area contributed by atoms with Crippen molar-refractivity contribution in [1.82, 2.24) is 0 Å². The molecule has 0 aromatic heterocycles. The molecule has 0 radical (unpaired) electrons. The molecule has 4 aromatic carbocycles. The summed E-state index contributed by atoms with van der Waals surface area (Å²) in [5.41, 5.74) is 3.66. The highest BCUT2D eigenvalue weighted by atomic mass is 32.2. The van der Waals surface area contributed by atoms with E-state index in [9.17, 15) is 0 Å². The molecule has 2 nitrogen and oxygen atoms in total. The van der Waals surface area contributed by atoms with Gasteiger partial charge in [0.1, 0.15) is 22.8 Å². The van der Waals surface area contributed by atoms with Crippen LogP contribution >= 0.6 is 11.8 Å². The van der Waals surface area contributed by atoms with E-state index in [1.54, 1.807) is 11.8 Å². The van der Waals surface area contributed by atoms with E-state index >= 15 is 0 Å². The first-order valence-electron chi connectivity index (χ1n) is 13.3. The first-order chi connectivity index (χ1) is 17.8. The third kappa shape index (κ3) is 7.23. The molecule has 0 N–H and O–H groups in total. The van der Waals surface area contributed by atoms with Gasteiger partial charge in [-0.15, -0.1) is 0 Å². The van der Waals surface area contributed by atoms with E-state index in [1.165, 1.54) is 26.5 Å². The maximum absolute atomic E-state index is 6.15. The lowest BCUT2D eigenvalue weighted by atomic mass is 9.78. The molecule has 0 aliphatic heterocycles. The van der Waals surface area contributed by atoms with Gasteiger partial charge in [0.25, 0.3) is 0 Å². The summed E-state index contributed by atoms with van der Waals surface area (Å²) in [6, 6.07) is 34.0. The van der Waals surface area contributed by atoms with Gasteiger partial charge < -0.3 is 9.47 Å². The van der Waals surface area contributed by atoms with E-state index in [1.807, 2.05) is 24.3 Å². The smallest absolute Gasteiger partial charge is 0.127 e. The molecule has 4 rings (SSSR count). The van der Waals surface area contributed by atoms with Crippen molar-refractivity contribution in [2.24, 2.45) is 0 Å². The predicted octanol–water partition coefficient (Wildman–Crippen LogP) is 10.4. The van der Waals surface area contributed by atoms with Crippen molar-refractivity contribution in [3.05, 3.63) is 114 Å². The van der Waals surface area contributed by atoms with Crippen LogP contribution in [0.25, 0.3) is 0 Å². The molecule has 198 valence electrons. The van der Waals surface area contributed by atoms with Crippen LogP contribution in [-0.2, 0) is 10.8 Å². The molecule has 0 aliphatic carbocycles. The molecule has 38 heavy (non-hydrogen) atoms. The van der Waals surface area contributed by atoms with Crippen LogP contribution < -0.4 is 9.47 Å². The van der Waals surface area contributed by atoms with E-state index in [4.69, 9.17) is 9.47 Å². The summed E-state index contributed by atoms with van der Waals surface area (Å²) in [7, 11) is 0. The second-order valence-corrected chi connectivity index (χ2v) is 13.5. The lowest BCUT2D eigenvalue weighted by Gasteiger charge is -2.27. The Balaban J connectivity index is 1.38. The summed E-state index contributed by atoms with van der Waals surface area (Å²) < 4.78 is 12.1. The Bertz CT molecular complexity index is 1320. The normalized spacial score (nSPS) is 12.3. The van der Waals surface area contributed by atoms with E-state index in [0.29, 0.717) is 0 Å². The fourth-order valence-corrected chi connectivity index (χ4v) is 5.09. The Kier molecular flexibility index (Phi) is 7.99. The molecule has 0 spiro atoms. The minimum absolute atomic E-state index is 0.136. The van der Waals surface area contributed by atoms with E-state index in [0.717, 1.165) is 17.2 Å². The van der Waals surface area contributed by atoms with Crippen LogP contribution in [0.1, 0.15) is 72.1 Å². The standard InChI is InChI=1S/C35H40O2S/c1-33(2,3)25-13-21-31(22-14-25)38-32-23-19-29(20-24-32)36-28-15-9-26(10-16-28)35(7,8)27-11-17-30(18-12-27)37-34(4,5)6/h9-24H,1-8H3. The van der Waals surface area contributed by atoms with E-state index < -0.39 is 0 Å². The molecule has 0 fully saturated rings. The van der Waals surface area contributed by atoms with Gasteiger partial charge in [-0.05, 0) is 104 Å². The van der Waals surface area contributed by atoms with Crippen molar-refractivity contribution in [2.75, 3.05) is 0 Å². The molecule has 0 aliphatic rings. The van der Waals surface area contributed by atoms with Crippen LogP contribution in [0.4, 0.5) is 0 Å². The third-order valence-electron chi connectivity index (χ3n) is 6.59. The summed E-state index contributed by atoms with van der Waals surface area (Å²) in [4.78, 5) is 2.43. The summed E-state index contributed by atoms with van der Waals surface area (Å²) >= 11 is 1.76. The zero-order valence-corrected chi connectivity index (χ0v) is 24.8. The van der Waals surface area contributed by atoms with Gasteiger partial charge in [0.2, 0.25) is 0 Å². The van der Waals surface area contributed by atoms with Gasteiger partial charge in [-0.1, -0.05) is 82.8 Å². The second-order valence-electron chi connectivity index (χ2n) is 12.3. The number of hydrogen-bond donors (Lipinski definition) is 0. The van der Waals surface area contributed by atoms with Gasteiger partial charge >= 0.3 is 0 Å². The van der Waals surface area contributed by atoms with Crippen molar-refractivity contribution in [1.29, 1.82) is 0 Å². The maximum atomic E-state index is 6.15. The topological polar surface area (TPSA) is 18.5 Å². The highest BCUT2D eigenvalue weighted by Crippen LogP contribution is 2.35. The molecular formula is C35H40O2S. The van der Waals surface area contributed by atoms with E-state index in [2.05, 4.69) is 128 Å². The lowest BCUT2D eigenvalue weighted by molar-refractivity contribution is 0.131. The lowest BCUT2D eigenvalue weighted by Crippen LogP contribution is -2.23. The molecular weight excluding hydrogens is 484 g/mol. The largest absolute Gasteiger partial charge is 0.488 e. The fraction of sp³-hybridized carbons (Fsp3) is 0.314. The number of rotatable bonds is 7. The highest BCUT2D eigenvalue weighted by Gasteiger charge is 2.23. The van der Waals surface area contributed by atoms with Crippen molar-refractivity contribution in [3.8, 4) is 17.2 Å². The monoisotopic (exact) mass is 524 g/mol. The zero-order valence-electron chi connectivity index (χ0n) is 24.0. The second kappa shape index (κ2) is 10.9. The quantitative estimate of drug-likeness (QED) is 0.239. The summed E-state index contributed by atoms with van der Waals surface area (Å²) in [6.07, 6.45) is 0. The average molecular weight is 525 g/mol. The molecule has 0 bridgehead atoms. The average Bonchev–Trinajstić information content (AvgIpc) is 2.85. The molecule has 0 unspecified atom stereocenters.